The molecular weight excluding hydrogens is 324 g/mol. The van der Waals surface area contributed by atoms with E-state index in [-0.39, 0.29) is 10.8 Å². The van der Waals surface area contributed by atoms with Crippen LogP contribution in [0.3, 0.4) is 0 Å². The molecule has 0 aliphatic carbocycles. The smallest absolute Gasteiger partial charge is 0.261 e. The van der Waals surface area contributed by atoms with Gasteiger partial charge in [0, 0.05) is 24.3 Å². The van der Waals surface area contributed by atoms with Crippen LogP contribution < -0.4 is 9.62 Å². The maximum Gasteiger partial charge on any atom is 0.261 e. The van der Waals surface area contributed by atoms with Crippen LogP contribution in [0.1, 0.15) is 24.5 Å². The lowest BCUT2D eigenvalue weighted by Crippen LogP contribution is -2.27. The van der Waals surface area contributed by atoms with E-state index in [1.54, 1.807) is 35.2 Å². The molecule has 1 heterocycles. The van der Waals surface area contributed by atoms with E-state index in [4.69, 9.17) is 0 Å². The van der Waals surface area contributed by atoms with Crippen LogP contribution >= 0.6 is 0 Å². The zero-order chi connectivity index (χ0) is 17.3. The van der Waals surface area contributed by atoms with Crippen LogP contribution in [-0.2, 0) is 21.2 Å². The number of carbonyl (C=O) groups is 1. The number of aryl methyl sites for hydroxylation is 1. The molecule has 0 bridgehead atoms. The van der Waals surface area contributed by atoms with Gasteiger partial charge in [-0.05, 0) is 49.2 Å². The minimum atomic E-state index is -3.64. The summed E-state index contributed by atoms with van der Waals surface area (Å²) in [5, 5.41) is 0. The lowest BCUT2D eigenvalue weighted by atomic mass is 10.2. The molecule has 0 aromatic heterocycles. The molecule has 2 aromatic carbocycles. The molecule has 6 heteroatoms. The first kappa shape index (κ1) is 16.5. The molecule has 126 valence electrons. The highest BCUT2D eigenvalue weighted by Gasteiger charge is 2.25. The number of benzene rings is 2. The Morgan fingerprint density at radius 2 is 1.88 bits per heavy atom. The van der Waals surface area contributed by atoms with Crippen molar-refractivity contribution in [1.82, 2.24) is 0 Å². The molecule has 0 radical (unpaired) electrons. The Morgan fingerprint density at radius 3 is 2.54 bits per heavy atom. The molecule has 1 amide bonds. The summed E-state index contributed by atoms with van der Waals surface area (Å²) in [5.74, 6) is 0.0575. The second-order valence-corrected chi connectivity index (χ2v) is 7.59. The predicted octanol–water partition coefficient (Wildman–Crippen LogP) is 3.09. The second-order valence-electron chi connectivity index (χ2n) is 5.91. The van der Waals surface area contributed by atoms with E-state index < -0.39 is 10.0 Å². The highest BCUT2D eigenvalue weighted by Crippen LogP contribution is 2.31. The molecular formula is C18H20N2O3S. The van der Waals surface area contributed by atoms with E-state index in [1.165, 1.54) is 0 Å². The molecule has 0 spiro atoms. The van der Waals surface area contributed by atoms with Crippen molar-refractivity contribution in [3.63, 3.8) is 0 Å². The number of carbonyl (C=O) groups excluding carboxylic acids is 1. The number of anilines is 2. The fraction of sp³-hybridized carbons (Fsp3) is 0.278. The molecule has 0 saturated carbocycles. The van der Waals surface area contributed by atoms with Crippen molar-refractivity contribution in [2.75, 3.05) is 16.2 Å². The first-order valence-corrected chi connectivity index (χ1v) is 9.42. The van der Waals surface area contributed by atoms with E-state index in [1.807, 2.05) is 26.0 Å². The summed E-state index contributed by atoms with van der Waals surface area (Å²) in [6, 6.07) is 12.1. The normalized spacial score (nSPS) is 13.7. The SMILES string of the molecule is CCC(=O)N1CCc2cc(S(=O)(=O)Nc3ccc(C)cc3)ccc21. The van der Waals surface area contributed by atoms with Crippen molar-refractivity contribution < 1.29 is 13.2 Å². The van der Waals surface area contributed by atoms with Crippen molar-refractivity contribution in [1.29, 1.82) is 0 Å². The predicted molar refractivity (Wildman–Crippen MR) is 94.8 cm³/mol. The number of hydrogen-bond donors (Lipinski definition) is 1. The molecule has 3 rings (SSSR count). The van der Waals surface area contributed by atoms with E-state index in [0.717, 1.165) is 16.8 Å². The van der Waals surface area contributed by atoms with Crippen LogP contribution in [-0.4, -0.2) is 20.9 Å². The zero-order valence-corrected chi connectivity index (χ0v) is 14.6. The van der Waals surface area contributed by atoms with Gasteiger partial charge in [0.2, 0.25) is 5.91 Å². The highest BCUT2D eigenvalue weighted by atomic mass is 32.2. The lowest BCUT2D eigenvalue weighted by Gasteiger charge is -2.16. The Hall–Kier alpha value is -2.34. The zero-order valence-electron chi connectivity index (χ0n) is 13.7. The number of sulfonamides is 1. The van der Waals surface area contributed by atoms with Gasteiger partial charge in [0.15, 0.2) is 0 Å². The molecule has 1 aliphatic heterocycles. The fourth-order valence-electron chi connectivity index (χ4n) is 2.83. The summed E-state index contributed by atoms with van der Waals surface area (Å²) in [6.45, 7) is 4.38. The van der Waals surface area contributed by atoms with Crippen LogP contribution in [0.25, 0.3) is 0 Å². The maximum atomic E-state index is 12.6. The minimum Gasteiger partial charge on any atom is -0.312 e. The Morgan fingerprint density at radius 1 is 1.17 bits per heavy atom. The Bertz CT molecular complexity index is 874. The third-order valence-corrected chi connectivity index (χ3v) is 5.54. The molecule has 0 unspecified atom stereocenters. The van der Waals surface area contributed by atoms with Gasteiger partial charge in [-0.15, -0.1) is 0 Å². The fourth-order valence-corrected chi connectivity index (χ4v) is 3.94. The largest absolute Gasteiger partial charge is 0.312 e. The van der Waals surface area contributed by atoms with Crippen LogP contribution in [0.2, 0.25) is 0 Å². The van der Waals surface area contributed by atoms with Crippen LogP contribution in [0.15, 0.2) is 47.4 Å². The minimum absolute atomic E-state index is 0.0575. The number of nitrogens with one attached hydrogen (secondary N) is 1. The molecule has 0 saturated heterocycles. The average Bonchev–Trinajstić information content (AvgIpc) is 2.99. The van der Waals surface area contributed by atoms with Gasteiger partial charge in [0.25, 0.3) is 10.0 Å². The van der Waals surface area contributed by atoms with E-state index in [9.17, 15) is 13.2 Å². The Balaban J connectivity index is 1.87. The molecule has 0 atom stereocenters. The first-order chi connectivity index (χ1) is 11.4. The van der Waals surface area contributed by atoms with E-state index >= 15 is 0 Å². The number of fused-ring (bicyclic) bond motifs is 1. The third-order valence-electron chi connectivity index (χ3n) is 4.16. The van der Waals surface area contributed by atoms with Gasteiger partial charge in [-0.3, -0.25) is 9.52 Å². The van der Waals surface area contributed by atoms with Gasteiger partial charge >= 0.3 is 0 Å². The van der Waals surface area contributed by atoms with Gasteiger partial charge < -0.3 is 4.90 Å². The molecule has 5 nitrogen and oxygen atoms in total. The summed E-state index contributed by atoms with van der Waals surface area (Å²) < 4.78 is 27.7. The average molecular weight is 344 g/mol. The number of nitrogens with zero attached hydrogens (tertiary/aromatic N) is 1. The van der Waals surface area contributed by atoms with Crippen molar-refractivity contribution in [3.05, 3.63) is 53.6 Å². The quantitative estimate of drug-likeness (QED) is 0.927. The second kappa shape index (κ2) is 6.28. The molecule has 0 fully saturated rings. The van der Waals surface area contributed by atoms with Crippen LogP contribution in [0, 0.1) is 6.92 Å². The summed E-state index contributed by atoms with van der Waals surface area (Å²) >= 11 is 0. The van der Waals surface area contributed by atoms with E-state index in [2.05, 4.69) is 4.72 Å². The van der Waals surface area contributed by atoms with Crippen LogP contribution in [0.5, 0.6) is 0 Å². The van der Waals surface area contributed by atoms with E-state index in [0.29, 0.717) is 25.1 Å². The first-order valence-electron chi connectivity index (χ1n) is 7.93. The molecule has 1 N–H and O–H groups in total. The lowest BCUT2D eigenvalue weighted by molar-refractivity contribution is -0.118. The van der Waals surface area contributed by atoms with Crippen molar-refractivity contribution >= 4 is 27.3 Å². The molecule has 24 heavy (non-hydrogen) atoms. The van der Waals surface area contributed by atoms with Gasteiger partial charge in [-0.25, -0.2) is 8.42 Å². The number of hydrogen-bond acceptors (Lipinski definition) is 3. The van der Waals surface area contributed by atoms with Gasteiger partial charge in [-0.2, -0.15) is 0 Å². The summed E-state index contributed by atoms with van der Waals surface area (Å²) in [7, 11) is -3.64. The van der Waals surface area contributed by atoms with Crippen molar-refractivity contribution in [2.45, 2.75) is 31.6 Å². The summed E-state index contributed by atoms with van der Waals surface area (Å²) in [4.78, 5) is 13.9. The number of rotatable bonds is 4. The molecule has 2 aromatic rings. The summed E-state index contributed by atoms with van der Waals surface area (Å²) in [5.41, 5.74) is 3.31. The van der Waals surface area contributed by atoms with Gasteiger partial charge in [0.05, 0.1) is 4.90 Å². The van der Waals surface area contributed by atoms with Gasteiger partial charge in [0.1, 0.15) is 0 Å². The Labute approximate surface area is 142 Å². The van der Waals surface area contributed by atoms with Crippen molar-refractivity contribution in [3.8, 4) is 0 Å². The Kier molecular flexibility index (Phi) is 4.32. The highest BCUT2D eigenvalue weighted by molar-refractivity contribution is 7.92. The summed E-state index contributed by atoms with van der Waals surface area (Å²) in [6.07, 6.45) is 1.11. The monoisotopic (exact) mass is 344 g/mol. The standard InChI is InChI=1S/C18H20N2O3S/c1-3-18(21)20-11-10-14-12-16(8-9-17(14)20)24(22,23)19-15-6-4-13(2)5-7-15/h4-9,12,19H,3,10-11H2,1-2H3. The molecule has 1 aliphatic rings. The van der Waals surface area contributed by atoms with Gasteiger partial charge in [-0.1, -0.05) is 24.6 Å². The van der Waals surface area contributed by atoms with Crippen LogP contribution in [0.4, 0.5) is 11.4 Å². The topological polar surface area (TPSA) is 66.5 Å². The van der Waals surface area contributed by atoms with Crippen molar-refractivity contribution in [2.24, 2.45) is 0 Å². The maximum absolute atomic E-state index is 12.6. The number of amides is 1. The third kappa shape index (κ3) is 3.14.